The first-order valence-electron chi connectivity index (χ1n) is 7.11. The van der Waals surface area contributed by atoms with Gasteiger partial charge < -0.3 is 9.84 Å². The van der Waals surface area contributed by atoms with Crippen LogP contribution in [0, 0.1) is 10.1 Å². The summed E-state index contributed by atoms with van der Waals surface area (Å²) in [4.78, 5) is 32.6. The van der Waals surface area contributed by atoms with Crippen LogP contribution < -0.4 is 4.74 Å². The van der Waals surface area contributed by atoms with Gasteiger partial charge in [-0.1, -0.05) is 18.7 Å². The van der Waals surface area contributed by atoms with E-state index < -0.39 is 45.6 Å². The number of carbonyl (C=O) groups is 2. The Morgan fingerprint density at radius 3 is 2.11 bits per heavy atom. The van der Waals surface area contributed by atoms with Crippen molar-refractivity contribution in [3.8, 4) is 16.9 Å². The number of benzene rings is 2. The maximum Gasteiger partial charge on any atom is 0.416 e. The van der Waals surface area contributed by atoms with Gasteiger partial charge in [0.05, 0.1) is 10.5 Å². The zero-order valence-corrected chi connectivity index (χ0v) is 13.3. The van der Waals surface area contributed by atoms with Crippen molar-refractivity contribution in [2.75, 3.05) is 0 Å². The van der Waals surface area contributed by atoms with Gasteiger partial charge in [0.15, 0.2) is 0 Å². The van der Waals surface area contributed by atoms with Crippen molar-refractivity contribution in [3.63, 3.8) is 0 Å². The van der Waals surface area contributed by atoms with Crippen LogP contribution in [0.5, 0.6) is 5.75 Å². The molecule has 1 N–H and O–H groups in total. The van der Waals surface area contributed by atoms with Gasteiger partial charge in [-0.15, -0.1) is 0 Å². The predicted octanol–water partition coefficient (Wildman–Crippen LogP) is 3.83. The summed E-state index contributed by atoms with van der Waals surface area (Å²) in [5, 5.41) is 19.8. The number of nitrogens with zero attached hydrogens (tertiary/aromatic N) is 1. The maximum absolute atomic E-state index is 12.6. The highest BCUT2D eigenvalue weighted by atomic mass is 19.4. The van der Waals surface area contributed by atoms with Gasteiger partial charge in [-0.2, -0.15) is 13.2 Å². The fraction of sp³-hybridized carbons (Fsp3) is 0.0588. The van der Waals surface area contributed by atoms with Crippen LogP contribution in [-0.2, 0) is 15.8 Å². The smallest absolute Gasteiger partial charge is 0.416 e. The number of carboxylic acid groups (broad SMARTS) is 1. The average Bonchev–Trinajstić information content (AvgIpc) is 2.60. The van der Waals surface area contributed by atoms with Gasteiger partial charge in [-0.25, -0.2) is 9.59 Å². The van der Waals surface area contributed by atoms with Gasteiger partial charge >= 0.3 is 23.8 Å². The fourth-order valence-electron chi connectivity index (χ4n) is 2.03. The van der Waals surface area contributed by atoms with Gasteiger partial charge in [0, 0.05) is 6.07 Å². The van der Waals surface area contributed by atoms with Crippen LogP contribution in [0.2, 0.25) is 0 Å². The number of aliphatic carboxylic acids is 1. The summed E-state index contributed by atoms with van der Waals surface area (Å²) < 4.78 is 42.6. The van der Waals surface area contributed by atoms with Crippen LogP contribution in [0.4, 0.5) is 18.9 Å². The minimum absolute atomic E-state index is 0.220. The van der Waals surface area contributed by atoms with E-state index in [9.17, 15) is 32.9 Å². The second-order valence-electron chi connectivity index (χ2n) is 5.19. The van der Waals surface area contributed by atoms with Crippen LogP contribution in [0.25, 0.3) is 11.1 Å². The molecule has 0 fully saturated rings. The number of carbonyl (C=O) groups excluding carboxylic acids is 1. The molecule has 0 spiro atoms. The standard InChI is InChI=1S/C17H10F3NO6/c1-9(15(22)23)16(24)27-14-8-11(4-7-13(14)21(25)26)10-2-5-12(6-3-10)17(18,19)20/h2-8H,1H2,(H,22,23). The van der Waals surface area contributed by atoms with Gasteiger partial charge in [-0.3, -0.25) is 10.1 Å². The van der Waals surface area contributed by atoms with Crippen molar-refractivity contribution in [2.24, 2.45) is 0 Å². The van der Waals surface area contributed by atoms with E-state index in [0.29, 0.717) is 0 Å². The second-order valence-corrected chi connectivity index (χ2v) is 5.19. The minimum Gasteiger partial charge on any atom is -0.477 e. The summed E-state index contributed by atoms with van der Waals surface area (Å²) in [5.74, 6) is -3.64. The number of halogens is 3. The van der Waals surface area contributed by atoms with E-state index in [0.717, 1.165) is 36.4 Å². The van der Waals surface area contributed by atoms with E-state index >= 15 is 0 Å². The Kier molecular flexibility index (Phi) is 5.29. The predicted molar refractivity (Wildman–Crippen MR) is 85.9 cm³/mol. The molecule has 0 saturated carbocycles. The molecule has 27 heavy (non-hydrogen) atoms. The lowest BCUT2D eigenvalue weighted by Crippen LogP contribution is -2.17. The SMILES string of the molecule is C=C(C(=O)O)C(=O)Oc1cc(-c2ccc(C(F)(F)F)cc2)ccc1[N+](=O)[O-]. The Morgan fingerprint density at radius 1 is 1.07 bits per heavy atom. The third-order valence-corrected chi connectivity index (χ3v) is 3.41. The van der Waals surface area contributed by atoms with Crippen LogP contribution in [-0.4, -0.2) is 22.0 Å². The number of nitro groups is 1. The maximum atomic E-state index is 12.6. The topological polar surface area (TPSA) is 107 Å². The largest absolute Gasteiger partial charge is 0.477 e. The van der Waals surface area contributed by atoms with Crippen molar-refractivity contribution in [1.82, 2.24) is 0 Å². The molecule has 0 aliphatic carbocycles. The molecule has 140 valence electrons. The molecule has 0 saturated heterocycles. The van der Waals surface area contributed by atoms with Crippen molar-refractivity contribution in [1.29, 1.82) is 0 Å². The van der Waals surface area contributed by atoms with Gasteiger partial charge in [-0.05, 0) is 35.4 Å². The first kappa shape index (κ1) is 19.6. The third-order valence-electron chi connectivity index (χ3n) is 3.41. The number of hydrogen-bond acceptors (Lipinski definition) is 5. The highest BCUT2D eigenvalue weighted by molar-refractivity contribution is 6.13. The molecular formula is C17H10F3NO6. The van der Waals surface area contributed by atoms with E-state index in [1.165, 1.54) is 6.07 Å². The van der Waals surface area contributed by atoms with E-state index in [1.54, 1.807) is 0 Å². The van der Waals surface area contributed by atoms with Crippen LogP contribution in [0.15, 0.2) is 54.6 Å². The first-order valence-corrected chi connectivity index (χ1v) is 7.11. The Bertz CT molecular complexity index is 935. The molecule has 10 heteroatoms. The van der Waals surface area contributed by atoms with Crippen molar-refractivity contribution >= 4 is 17.6 Å². The number of rotatable bonds is 5. The zero-order chi connectivity index (χ0) is 20.4. The third kappa shape index (κ3) is 4.48. The van der Waals surface area contributed by atoms with E-state index in [4.69, 9.17) is 9.84 Å². The van der Waals surface area contributed by atoms with Crippen LogP contribution in [0.3, 0.4) is 0 Å². The molecular weight excluding hydrogens is 371 g/mol. The van der Waals surface area contributed by atoms with Crippen molar-refractivity contribution in [3.05, 3.63) is 70.3 Å². The molecule has 0 bridgehead atoms. The highest BCUT2D eigenvalue weighted by Crippen LogP contribution is 2.35. The molecule has 0 heterocycles. The monoisotopic (exact) mass is 381 g/mol. The number of alkyl halides is 3. The highest BCUT2D eigenvalue weighted by Gasteiger charge is 2.30. The molecule has 0 aliphatic heterocycles. The summed E-state index contributed by atoms with van der Waals surface area (Å²) in [5.41, 5.74) is -1.95. The molecule has 0 amide bonds. The molecule has 0 atom stereocenters. The lowest BCUT2D eigenvalue weighted by atomic mass is 10.0. The molecule has 0 radical (unpaired) electrons. The summed E-state index contributed by atoms with van der Waals surface area (Å²) in [6.07, 6.45) is -4.52. The quantitative estimate of drug-likeness (QED) is 0.160. The Balaban J connectivity index is 2.42. The van der Waals surface area contributed by atoms with Crippen molar-refractivity contribution in [2.45, 2.75) is 6.18 Å². The molecule has 2 aromatic rings. The summed E-state index contributed by atoms with van der Waals surface area (Å²) in [6, 6.07) is 7.23. The Hall–Kier alpha value is -3.69. The summed E-state index contributed by atoms with van der Waals surface area (Å²) in [6.45, 7) is 2.99. The van der Waals surface area contributed by atoms with Crippen LogP contribution in [0.1, 0.15) is 5.56 Å². The molecule has 0 aromatic heterocycles. The number of hydrogen-bond donors (Lipinski definition) is 1. The zero-order valence-electron chi connectivity index (χ0n) is 13.3. The molecule has 0 unspecified atom stereocenters. The normalized spacial score (nSPS) is 10.9. The number of ether oxygens (including phenoxy) is 1. The summed E-state index contributed by atoms with van der Waals surface area (Å²) >= 11 is 0. The van der Waals surface area contributed by atoms with Crippen LogP contribution >= 0.6 is 0 Å². The number of nitro benzene ring substituents is 1. The Morgan fingerprint density at radius 2 is 1.63 bits per heavy atom. The second kappa shape index (κ2) is 7.28. The number of esters is 1. The Labute approximate surface area is 149 Å². The van der Waals surface area contributed by atoms with E-state index in [2.05, 4.69) is 6.58 Å². The van der Waals surface area contributed by atoms with Crippen molar-refractivity contribution < 1.29 is 37.5 Å². The fourth-order valence-corrected chi connectivity index (χ4v) is 2.03. The number of carboxylic acids is 1. The summed E-state index contributed by atoms with van der Waals surface area (Å²) in [7, 11) is 0. The van der Waals surface area contributed by atoms with E-state index in [-0.39, 0.29) is 11.1 Å². The minimum atomic E-state index is -4.52. The molecule has 0 aliphatic rings. The molecule has 7 nitrogen and oxygen atoms in total. The van der Waals surface area contributed by atoms with E-state index in [1.807, 2.05) is 0 Å². The lowest BCUT2D eigenvalue weighted by molar-refractivity contribution is -0.385. The van der Waals surface area contributed by atoms with Gasteiger partial charge in [0.1, 0.15) is 5.57 Å². The molecule has 2 rings (SSSR count). The van der Waals surface area contributed by atoms with Gasteiger partial charge in [0.2, 0.25) is 5.75 Å². The lowest BCUT2D eigenvalue weighted by Gasteiger charge is -2.10. The van der Waals surface area contributed by atoms with Gasteiger partial charge in [0.25, 0.3) is 0 Å². The first-order chi connectivity index (χ1) is 12.5. The average molecular weight is 381 g/mol. The molecule has 2 aromatic carbocycles.